The third-order valence-electron chi connectivity index (χ3n) is 1.68. The number of alkyl halides is 6. The Bertz CT molecular complexity index is 489. The molecular weight excluding hydrogens is 353 g/mol. The molecule has 1 N–H and O–H groups in total. The number of carbonyl (C=O) groups is 1. The highest BCUT2D eigenvalue weighted by Crippen LogP contribution is 2.44. The molecule has 1 aromatic rings. The summed E-state index contributed by atoms with van der Waals surface area (Å²) in [7, 11) is 0. The molecule has 0 unspecified atom stereocenters. The van der Waals surface area contributed by atoms with Crippen molar-refractivity contribution in [3.8, 4) is 0 Å². The van der Waals surface area contributed by atoms with Crippen molar-refractivity contribution in [1.29, 1.82) is 0 Å². The molecule has 0 aliphatic heterocycles. The van der Waals surface area contributed by atoms with Crippen molar-refractivity contribution in [3.05, 3.63) is 24.0 Å². The number of anilines is 1. The maximum absolute atomic E-state index is 13.4. The first kappa shape index (κ1) is 16.7. The molecule has 0 fully saturated rings. The van der Waals surface area contributed by atoms with Crippen molar-refractivity contribution in [3.63, 3.8) is 0 Å². The Labute approximate surface area is 124 Å². The van der Waals surface area contributed by atoms with Gasteiger partial charge in [-0.15, -0.1) is 0 Å². The van der Waals surface area contributed by atoms with E-state index in [-0.39, 0.29) is 4.90 Å². The summed E-state index contributed by atoms with van der Waals surface area (Å²) < 4.78 is 47.6. The van der Waals surface area contributed by atoms with Gasteiger partial charge in [0.1, 0.15) is 5.82 Å². The maximum Gasteiger partial charge on any atom is 0.471 e. The van der Waals surface area contributed by atoms with E-state index in [1.807, 2.05) is 0 Å². The molecule has 0 atom stereocenters. The van der Waals surface area contributed by atoms with Gasteiger partial charge in [0.15, 0.2) is 0 Å². The minimum atomic E-state index is -5.10. The monoisotopic (exact) mass is 355 g/mol. The van der Waals surface area contributed by atoms with Gasteiger partial charge in [-0.05, 0) is 18.2 Å². The van der Waals surface area contributed by atoms with Gasteiger partial charge in [-0.2, -0.15) is 13.2 Å². The molecular formula is C9H4Cl3F4NOS. The number of nitrogens with one attached hydrogen (secondary N) is 1. The van der Waals surface area contributed by atoms with Crippen LogP contribution in [0.1, 0.15) is 0 Å². The van der Waals surface area contributed by atoms with E-state index in [9.17, 15) is 22.4 Å². The van der Waals surface area contributed by atoms with Crippen LogP contribution in [-0.2, 0) is 4.79 Å². The first-order valence-electron chi connectivity index (χ1n) is 4.42. The number of thioether (sulfide) groups is 1. The normalized spacial score (nSPS) is 12.4. The number of amides is 1. The summed E-state index contributed by atoms with van der Waals surface area (Å²) in [5, 5.41) is 1.39. The van der Waals surface area contributed by atoms with Gasteiger partial charge in [0.25, 0.3) is 0 Å². The Kier molecular flexibility index (Phi) is 5.22. The Morgan fingerprint density at radius 1 is 1.21 bits per heavy atom. The molecule has 106 valence electrons. The quantitative estimate of drug-likeness (QED) is 0.471. The van der Waals surface area contributed by atoms with Crippen LogP contribution in [0.25, 0.3) is 0 Å². The molecule has 1 rings (SSSR count). The first-order valence-corrected chi connectivity index (χ1v) is 6.37. The number of benzene rings is 1. The second kappa shape index (κ2) is 5.95. The number of rotatable bonds is 2. The highest BCUT2D eigenvalue weighted by atomic mass is 35.6. The zero-order valence-corrected chi connectivity index (χ0v) is 11.8. The molecule has 0 bridgehead atoms. The number of carbonyl (C=O) groups excluding carboxylic acids is 1. The molecule has 1 amide bonds. The average Bonchev–Trinajstić information content (AvgIpc) is 2.18. The summed E-state index contributed by atoms with van der Waals surface area (Å²) in [6, 6.07) is 3.00. The second-order valence-corrected chi connectivity index (χ2v) is 7.38. The molecule has 2 nitrogen and oxygen atoms in total. The number of halogens is 7. The van der Waals surface area contributed by atoms with Gasteiger partial charge < -0.3 is 5.32 Å². The van der Waals surface area contributed by atoms with Gasteiger partial charge in [0, 0.05) is 4.90 Å². The van der Waals surface area contributed by atoms with E-state index in [2.05, 4.69) is 0 Å². The van der Waals surface area contributed by atoms with Crippen LogP contribution in [0, 0.1) is 5.82 Å². The fraction of sp³-hybridized carbons (Fsp3) is 0.222. The van der Waals surface area contributed by atoms with Crippen molar-refractivity contribution in [2.45, 2.75) is 14.2 Å². The van der Waals surface area contributed by atoms with Crippen molar-refractivity contribution in [2.75, 3.05) is 5.32 Å². The zero-order chi connectivity index (χ0) is 14.8. The minimum Gasteiger partial charge on any atom is -0.316 e. The van der Waals surface area contributed by atoms with Gasteiger partial charge in [-0.25, -0.2) is 4.39 Å². The molecule has 0 aliphatic carbocycles. The van der Waals surface area contributed by atoms with Crippen LogP contribution in [0.15, 0.2) is 23.1 Å². The van der Waals surface area contributed by atoms with E-state index in [1.54, 1.807) is 0 Å². The molecule has 0 saturated heterocycles. The predicted molar refractivity (Wildman–Crippen MR) is 67.2 cm³/mol. The molecule has 0 heterocycles. The van der Waals surface area contributed by atoms with Gasteiger partial charge in [-0.3, -0.25) is 4.79 Å². The molecule has 1 aromatic carbocycles. The Hall–Kier alpha value is -0.370. The molecule has 10 heteroatoms. The van der Waals surface area contributed by atoms with Gasteiger partial charge in [0.2, 0.25) is 3.12 Å². The smallest absolute Gasteiger partial charge is 0.316 e. The molecule has 0 saturated carbocycles. The molecule has 0 spiro atoms. The first-order chi connectivity index (χ1) is 8.49. The van der Waals surface area contributed by atoms with Crippen molar-refractivity contribution >= 4 is 58.2 Å². The fourth-order valence-corrected chi connectivity index (χ4v) is 2.36. The third-order valence-corrected chi connectivity index (χ3v) is 3.10. The van der Waals surface area contributed by atoms with Crippen LogP contribution in [-0.4, -0.2) is 15.2 Å². The van der Waals surface area contributed by atoms with Gasteiger partial charge in [0.05, 0.1) is 5.69 Å². The highest BCUT2D eigenvalue weighted by molar-refractivity contribution is 8.04. The topological polar surface area (TPSA) is 29.1 Å². The van der Waals surface area contributed by atoms with Crippen LogP contribution in [0.5, 0.6) is 0 Å². The van der Waals surface area contributed by atoms with Crippen molar-refractivity contribution < 1.29 is 22.4 Å². The van der Waals surface area contributed by atoms with E-state index >= 15 is 0 Å². The third kappa shape index (κ3) is 5.64. The van der Waals surface area contributed by atoms with Crippen molar-refractivity contribution in [1.82, 2.24) is 0 Å². The Morgan fingerprint density at radius 2 is 1.79 bits per heavy atom. The fourth-order valence-electron chi connectivity index (χ4n) is 0.988. The lowest BCUT2D eigenvalue weighted by Gasteiger charge is -2.12. The molecule has 19 heavy (non-hydrogen) atoms. The zero-order valence-electron chi connectivity index (χ0n) is 8.69. The standard InChI is InChI=1S/C9H4Cl3F4NOS/c10-9(11,12)19-4-1-2-6(5(13)3-4)17-7(18)8(14,15)16/h1-3H,(H,17,18). The Morgan fingerprint density at radius 3 is 2.21 bits per heavy atom. The molecule has 0 aromatic heterocycles. The van der Waals surface area contributed by atoms with Crippen LogP contribution in [0.2, 0.25) is 0 Å². The summed E-state index contributed by atoms with van der Waals surface area (Å²) in [6.07, 6.45) is -5.10. The summed E-state index contributed by atoms with van der Waals surface area (Å²) in [4.78, 5) is 10.8. The average molecular weight is 357 g/mol. The summed E-state index contributed by atoms with van der Waals surface area (Å²) >= 11 is 17.0. The number of hydrogen-bond acceptors (Lipinski definition) is 2. The summed E-state index contributed by atoms with van der Waals surface area (Å²) in [5.41, 5.74) is -0.615. The lowest BCUT2D eigenvalue weighted by Crippen LogP contribution is -2.30. The summed E-state index contributed by atoms with van der Waals surface area (Å²) in [5.74, 6) is -3.34. The number of hydrogen-bond donors (Lipinski definition) is 1. The highest BCUT2D eigenvalue weighted by Gasteiger charge is 2.39. The predicted octanol–water partition coefficient (Wildman–Crippen LogP) is 4.75. The van der Waals surface area contributed by atoms with Crippen LogP contribution < -0.4 is 5.32 Å². The van der Waals surface area contributed by atoms with E-state index in [0.29, 0.717) is 11.8 Å². The van der Waals surface area contributed by atoms with Gasteiger partial charge in [-0.1, -0.05) is 46.6 Å². The van der Waals surface area contributed by atoms with Crippen LogP contribution in [0.3, 0.4) is 0 Å². The lowest BCUT2D eigenvalue weighted by atomic mass is 10.3. The largest absolute Gasteiger partial charge is 0.471 e. The molecule has 0 radical (unpaired) electrons. The van der Waals surface area contributed by atoms with Crippen LogP contribution in [0.4, 0.5) is 23.2 Å². The molecule has 0 aliphatic rings. The minimum absolute atomic E-state index is 0.183. The van der Waals surface area contributed by atoms with E-state index in [0.717, 1.165) is 12.1 Å². The van der Waals surface area contributed by atoms with E-state index < -0.39 is 26.7 Å². The SMILES string of the molecule is O=C(Nc1ccc(SC(Cl)(Cl)Cl)cc1F)C(F)(F)F. The van der Waals surface area contributed by atoms with Gasteiger partial charge >= 0.3 is 12.1 Å². The second-order valence-electron chi connectivity index (χ2n) is 3.14. The van der Waals surface area contributed by atoms with Crippen LogP contribution >= 0.6 is 46.6 Å². The summed E-state index contributed by atoms with van der Waals surface area (Å²) in [6.45, 7) is 0. The maximum atomic E-state index is 13.4. The lowest BCUT2D eigenvalue weighted by molar-refractivity contribution is -0.167. The van der Waals surface area contributed by atoms with E-state index in [4.69, 9.17) is 34.8 Å². The van der Waals surface area contributed by atoms with E-state index in [1.165, 1.54) is 11.4 Å². The Balaban J connectivity index is 2.87. The van der Waals surface area contributed by atoms with Crippen molar-refractivity contribution in [2.24, 2.45) is 0 Å².